The third kappa shape index (κ3) is 4.38. The molecular weight excluding hydrogens is 337 g/mol. The lowest BCUT2D eigenvalue weighted by atomic mass is 10.3. The third-order valence-electron chi connectivity index (χ3n) is 2.52. The van der Waals surface area contributed by atoms with Crippen LogP contribution in [0.2, 0.25) is 0 Å². The van der Waals surface area contributed by atoms with Crippen LogP contribution in [0.3, 0.4) is 0 Å². The first-order chi connectivity index (χ1) is 10.6. The number of ether oxygens (including phenoxy) is 1. The second kappa shape index (κ2) is 6.11. The van der Waals surface area contributed by atoms with Gasteiger partial charge in [-0.15, -0.1) is 0 Å². The number of aromatic nitrogens is 1. The first kappa shape index (κ1) is 17.1. The van der Waals surface area contributed by atoms with Gasteiger partial charge in [-0.3, -0.25) is 0 Å². The minimum atomic E-state index is -4.72. The molecule has 1 heterocycles. The van der Waals surface area contributed by atoms with Crippen LogP contribution in [0.1, 0.15) is 19.5 Å². The van der Waals surface area contributed by atoms with Crippen molar-refractivity contribution in [2.75, 3.05) is 4.72 Å². The average Bonchev–Trinajstić information content (AvgIpc) is 2.86. The standard InChI is InChI=1S/C13H13F3N2O4S/c1-8(2)22-9-3-5-10(6-4-9)23(19,20)18-12-17-11(7-21-12)13(14,15)16/h3-8H,1-2H3,(H,17,18). The Labute approximate surface area is 130 Å². The Kier molecular flexibility index (Phi) is 4.55. The van der Waals surface area contributed by atoms with Gasteiger partial charge in [-0.2, -0.15) is 18.2 Å². The van der Waals surface area contributed by atoms with Crippen molar-refractivity contribution in [2.24, 2.45) is 0 Å². The van der Waals surface area contributed by atoms with Crippen LogP contribution in [0.15, 0.2) is 39.8 Å². The largest absolute Gasteiger partial charge is 0.491 e. The molecule has 1 N–H and O–H groups in total. The summed E-state index contributed by atoms with van der Waals surface area (Å²) in [7, 11) is -4.12. The van der Waals surface area contributed by atoms with Gasteiger partial charge in [0.15, 0.2) is 5.69 Å². The summed E-state index contributed by atoms with van der Waals surface area (Å²) in [6, 6.07) is 4.62. The van der Waals surface area contributed by atoms with Crippen LogP contribution in [-0.4, -0.2) is 19.5 Å². The van der Waals surface area contributed by atoms with Crippen LogP contribution in [-0.2, 0) is 16.2 Å². The lowest BCUT2D eigenvalue weighted by molar-refractivity contribution is -0.141. The van der Waals surface area contributed by atoms with Crippen molar-refractivity contribution in [3.63, 3.8) is 0 Å². The van der Waals surface area contributed by atoms with E-state index in [1.807, 2.05) is 18.6 Å². The molecule has 1 aromatic carbocycles. The fraction of sp³-hybridized carbons (Fsp3) is 0.308. The molecule has 10 heteroatoms. The van der Waals surface area contributed by atoms with E-state index in [0.717, 1.165) is 0 Å². The molecule has 0 saturated carbocycles. The van der Waals surface area contributed by atoms with Crippen LogP contribution in [0, 0.1) is 0 Å². The molecular formula is C13H13F3N2O4S. The molecule has 0 aliphatic heterocycles. The van der Waals surface area contributed by atoms with Crippen LogP contribution in [0.4, 0.5) is 19.2 Å². The second-order valence-electron chi connectivity index (χ2n) is 4.78. The molecule has 0 aliphatic rings. The minimum Gasteiger partial charge on any atom is -0.491 e. The fourth-order valence-corrected chi connectivity index (χ4v) is 2.53. The van der Waals surface area contributed by atoms with Crippen molar-refractivity contribution in [3.05, 3.63) is 36.2 Å². The molecule has 2 rings (SSSR count). The highest BCUT2D eigenvalue weighted by Gasteiger charge is 2.35. The maximum Gasteiger partial charge on any atom is 0.436 e. The average molecular weight is 350 g/mol. The molecule has 0 unspecified atom stereocenters. The van der Waals surface area contributed by atoms with Gasteiger partial charge in [0, 0.05) is 0 Å². The number of rotatable bonds is 5. The number of hydrogen-bond donors (Lipinski definition) is 1. The fourth-order valence-electron chi connectivity index (χ4n) is 1.59. The number of benzene rings is 1. The monoisotopic (exact) mass is 350 g/mol. The Morgan fingerprint density at radius 2 is 1.83 bits per heavy atom. The van der Waals surface area contributed by atoms with E-state index in [1.165, 1.54) is 24.3 Å². The number of oxazole rings is 1. The van der Waals surface area contributed by atoms with Crippen LogP contribution < -0.4 is 9.46 Å². The van der Waals surface area contributed by atoms with Gasteiger partial charge in [0.1, 0.15) is 12.0 Å². The zero-order chi connectivity index (χ0) is 17.3. The van der Waals surface area contributed by atoms with Gasteiger partial charge in [0.2, 0.25) is 0 Å². The van der Waals surface area contributed by atoms with Crippen molar-refractivity contribution in [1.29, 1.82) is 0 Å². The summed E-state index contributed by atoms with van der Waals surface area (Å²) in [5.41, 5.74) is -1.32. The van der Waals surface area contributed by atoms with Crippen molar-refractivity contribution in [1.82, 2.24) is 4.98 Å². The van der Waals surface area contributed by atoms with Gasteiger partial charge in [0.05, 0.1) is 11.0 Å². The Morgan fingerprint density at radius 3 is 2.30 bits per heavy atom. The highest BCUT2D eigenvalue weighted by Crippen LogP contribution is 2.30. The summed E-state index contributed by atoms with van der Waals surface area (Å²) in [6.45, 7) is 3.63. The number of hydrogen-bond acceptors (Lipinski definition) is 5. The number of sulfonamides is 1. The molecule has 0 bridgehead atoms. The molecule has 0 aliphatic carbocycles. The number of halogens is 3. The van der Waals surface area contributed by atoms with Crippen molar-refractivity contribution >= 4 is 16.0 Å². The molecule has 0 radical (unpaired) electrons. The van der Waals surface area contributed by atoms with Crippen molar-refractivity contribution in [3.8, 4) is 5.75 Å². The number of anilines is 1. The molecule has 126 valence electrons. The smallest absolute Gasteiger partial charge is 0.436 e. The normalized spacial score (nSPS) is 12.4. The minimum absolute atomic E-state index is 0.0799. The van der Waals surface area contributed by atoms with Gasteiger partial charge in [0.25, 0.3) is 10.0 Å². The number of alkyl halides is 3. The number of nitrogens with zero attached hydrogens (tertiary/aromatic N) is 1. The van der Waals surface area contributed by atoms with Gasteiger partial charge >= 0.3 is 12.2 Å². The van der Waals surface area contributed by atoms with Crippen molar-refractivity contribution in [2.45, 2.75) is 31.0 Å². The topological polar surface area (TPSA) is 81.4 Å². The van der Waals surface area contributed by atoms with Gasteiger partial charge in [-0.25, -0.2) is 13.1 Å². The summed E-state index contributed by atoms with van der Waals surface area (Å²) in [5.74, 6) is 0.467. The summed E-state index contributed by atoms with van der Waals surface area (Å²) in [6.07, 6.45) is -4.47. The van der Waals surface area contributed by atoms with Crippen LogP contribution >= 0.6 is 0 Å². The van der Waals surface area contributed by atoms with Crippen LogP contribution in [0.5, 0.6) is 5.75 Å². The molecule has 0 amide bonds. The lowest BCUT2D eigenvalue weighted by Crippen LogP contribution is -2.14. The van der Waals surface area contributed by atoms with Gasteiger partial charge < -0.3 is 9.15 Å². The summed E-state index contributed by atoms with van der Waals surface area (Å²) in [4.78, 5) is 2.88. The van der Waals surface area contributed by atoms with E-state index in [0.29, 0.717) is 12.0 Å². The van der Waals surface area contributed by atoms with E-state index in [4.69, 9.17) is 4.74 Å². The summed E-state index contributed by atoms with van der Waals surface area (Å²) in [5, 5.41) is 0. The molecule has 0 atom stereocenters. The van der Waals surface area contributed by atoms with E-state index in [1.54, 1.807) is 0 Å². The third-order valence-corrected chi connectivity index (χ3v) is 3.86. The summed E-state index contributed by atoms with van der Waals surface area (Å²) >= 11 is 0. The Bertz CT molecular complexity index is 767. The maximum atomic E-state index is 12.4. The van der Waals surface area contributed by atoms with Crippen molar-refractivity contribution < 1.29 is 30.7 Å². The zero-order valence-electron chi connectivity index (χ0n) is 12.1. The summed E-state index contributed by atoms with van der Waals surface area (Å²) < 4.78 is 73.0. The lowest BCUT2D eigenvalue weighted by Gasteiger charge is -2.10. The first-order valence-corrected chi connectivity index (χ1v) is 7.88. The van der Waals surface area contributed by atoms with Gasteiger partial charge in [-0.05, 0) is 38.1 Å². The van der Waals surface area contributed by atoms with E-state index < -0.39 is 27.9 Å². The second-order valence-corrected chi connectivity index (χ2v) is 6.46. The molecule has 0 fully saturated rings. The molecule has 2 aromatic rings. The van der Waals surface area contributed by atoms with E-state index in [-0.39, 0.29) is 11.0 Å². The zero-order valence-corrected chi connectivity index (χ0v) is 12.9. The van der Waals surface area contributed by atoms with E-state index >= 15 is 0 Å². The Hall–Kier alpha value is -2.23. The quantitative estimate of drug-likeness (QED) is 0.895. The Morgan fingerprint density at radius 1 is 1.22 bits per heavy atom. The molecule has 6 nitrogen and oxygen atoms in total. The van der Waals surface area contributed by atoms with Crippen LogP contribution in [0.25, 0.3) is 0 Å². The van der Waals surface area contributed by atoms with E-state index in [2.05, 4.69) is 9.40 Å². The first-order valence-electron chi connectivity index (χ1n) is 6.40. The predicted octanol–water partition coefficient (Wildman–Crippen LogP) is 3.28. The highest BCUT2D eigenvalue weighted by atomic mass is 32.2. The predicted molar refractivity (Wildman–Crippen MR) is 74.5 cm³/mol. The SMILES string of the molecule is CC(C)Oc1ccc(S(=O)(=O)Nc2nc(C(F)(F)F)co2)cc1. The molecule has 1 aromatic heterocycles. The highest BCUT2D eigenvalue weighted by molar-refractivity contribution is 7.92. The molecule has 0 saturated heterocycles. The Balaban J connectivity index is 2.17. The van der Waals surface area contributed by atoms with Gasteiger partial charge in [-0.1, -0.05) is 0 Å². The van der Waals surface area contributed by atoms with E-state index in [9.17, 15) is 21.6 Å². The maximum absolute atomic E-state index is 12.4. The molecule has 0 spiro atoms. The number of nitrogens with one attached hydrogen (secondary N) is 1. The molecule has 23 heavy (non-hydrogen) atoms.